The summed E-state index contributed by atoms with van der Waals surface area (Å²) in [6, 6.07) is 8.15. The normalized spacial score (nSPS) is 11.5. The summed E-state index contributed by atoms with van der Waals surface area (Å²) < 4.78 is 37.2. The second-order valence-corrected chi connectivity index (χ2v) is 6.18. The van der Waals surface area contributed by atoms with Crippen molar-refractivity contribution in [2.24, 2.45) is 0 Å². The van der Waals surface area contributed by atoms with Gasteiger partial charge in [-0.2, -0.15) is 0 Å². The fourth-order valence-electron chi connectivity index (χ4n) is 3.02. The van der Waals surface area contributed by atoms with Gasteiger partial charge in [0.1, 0.15) is 31.0 Å². The Kier molecular flexibility index (Phi) is 5.23. The summed E-state index contributed by atoms with van der Waals surface area (Å²) >= 11 is 0. The number of benzene rings is 2. The second kappa shape index (κ2) is 7.95. The lowest BCUT2D eigenvalue weighted by molar-refractivity contribution is 0.132. The van der Waals surface area contributed by atoms with Crippen molar-refractivity contribution >= 4 is 27.6 Å². The van der Waals surface area contributed by atoms with Crippen LogP contribution in [0.5, 0.6) is 11.5 Å². The summed E-state index contributed by atoms with van der Waals surface area (Å²) in [6.45, 7) is 1.67. The van der Waals surface area contributed by atoms with Crippen molar-refractivity contribution in [3.05, 3.63) is 42.5 Å². The molecule has 2 heterocycles. The predicted molar refractivity (Wildman–Crippen MR) is 103 cm³/mol. The van der Waals surface area contributed by atoms with E-state index in [1.165, 1.54) is 12.1 Å². The van der Waals surface area contributed by atoms with Crippen molar-refractivity contribution in [3.63, 3.8) is 0 Å². The van der Waals surface area contributed by atoms with E-state index in [1.54, 1.807) is 31.0 Å². The first kappa shape index (κ1) is 18.4. The quantitative estimate of drug-likeness (QED) is 0.434. The highest BCUT2D eigenvalue weighted by Crippen LogP contribution is 2.34. The highest BCUT2D eigenvalue weighted by atomic mass is 19.1. The van der Waals surface area contributed by atoms with Gasteiger partial charge in [-0.1, -0.05) is 0 Å². The zero-order valence-electron chi connectivity index (χ0n) is 15.6. The van der Waals surface area contributed by atoms with Gasteiger partial charge in [-0.25, -0.2) is 14.4 Å². The highest BCUT2D eigenvalue weighted by Gasteiger charge is 2.14. The van der Waals surface area contributed by atoms with Gasteiger partial charge in [0.15, 0.2) is 11.5 Å². The van der Waals surface area contributed by atoms with Gasteiger partial charge in [0.05, 0.1) is 29.8 Å². The van der Waals surface area contributed by atoms with Crippen LogP contribution in [0.15, 0.2) is 36.7 Å². The molecule has 0 fully saturated rings. The molecule has 0 saturated carbocycles. The van der Waals surface area contributed by atoms with Gasteiger partial charge < -0.3 is 18.9 Å². The first-order chi connectivity index (χ1) is 13.7. The molecule has 0 spiro atoms. The minimum Gasteiger partial charge on any atom is -0.487 e. The van der Waals surface area contributed by atoms with E-state index >= 15 is 0 Å². The maximum Gasteiger partial charge on any atom is 0.163 e. The Labute approximate surface area is 160 Å². The Morgan fingerprint density at radius 1 is 0.893 bits per heavy atom. The summed E-state index contributed by atoms with van der Waals surface area (Å²) in [5.74, 6) is 0.813. The van der Waals surface area contributed by atoms with E-state index in [9.17, 15) is 4.39 Å². The lowest BCUT2D eigenvalue weighted by atomic mass is 10.2. The van der Waals surface area contributed by atoms with E-state index in [4.69, 9.17) is 18.9 Å². The summed E-state index contributed by atoms with van der Waals surface area (Å²) in [4.78, 5) is 9.14. The number of fused-ring (bicyclic) bond motifs is 5. The minimum atomic E-state index is -0.320. The van der Waals surface area contributed by atoms with Gasteiger partial charge in [0, 0.05) is 31.7 Å². The van der Waals surface area contributed by atoms with Gasteiger partial charge in [-0.05, 0) is 18.2 Å². The summed E-state index contributed by atoms with van der Waals surface area (Å²) in [5.41, 5.74) is 2.73. The molecule has 0 unspecified atom stereocenters. The average molecular weight is 385 g/mol. The molecular formula is C20H20FN3O4. The minimum absolute atomic E-state index is 0.320. The van der Waals surface area contributed by atoms with Crippen molar-refractivity contribution in [2.75, 3.05) is 40.6 Å². The van der Waals surface area contributed by atoms with E-state index in [0.29, 0.717) is 60.1 Å². The smallest absolute Gasteiger partial charge is 0.163 e. The third-order valence-electron chi connectivity index (χ3n) is 4.36. The van der Waals surface area contributed by atoms with Crippen LogP contribution in [0.4, 0.5) is 4.39 Å². The maximum atomic E-state index is 13.7. The van der Waals surface area contributed by atoms with Gasteiger partial charge in [-0.15, -0.1) is 0 Å². The number of methoxy groups -OCH3 is 2. The Morgan fingerprint density at radius 3 is 2.32 bits per heavy atom. The monoisotopic (exact) mass is 385 g/mol. The highest BCUT2D eigenvalue weighted by molar-refractivity contribution is 5.97. The lowest BCUT2D eigenvalue weighted by Gasteiger charge is -2.14. The van der Waals surface area contributed by atoms with Gasteiger partial charge in [-0.3, -0.25) is 4.40 Å². The van der Waals surface area contributed by atoms with E-state index in [-0.39, 0.29) is 5.82 Å². The van der Waals surface area contributed by atoms with Crippen molar-refractivity contribution < 1.29 is 23.3 Å². The number of imidazole rings is 1. The molecule has 0 aliphatic rings. The zero-order chi connectivity index (χ0) is 19.5. The number of hydrogen-bond acceptors (Lipinski definition) is 6. The first-order valence-corrected chi connectivity index (χ1v) is 8.85. The van der Waals surface area contributed by atoms with Crippen LogP contribution in [0.3, 0.4) is 0 Å². The third kappa shape index (κ3) is 3.44. The van der Waals surface area contributed by atoms with E-state index in [0.717, 1.165) is 5.39 Å². The molecule has 0 bridgehead atoms. The molecule has 0 amide bonds. The predicted octanol–water partition coefficient (Wildman–Crippen LogP) is 3.23. The molecule has 0 radical (unpaired) electrons. The van der Waals surface area contributed by atoms with Crippen LogP contribution in [-0.2, 0) is 9.47 Å². The fourth-order valence-corrected chi connectivity index (χ4v) is 3.02. The Bertz CT molecular complexity index is 1130. The largest absolute Gasteiger partial charge is 0.487 e. The molecule has 2 aromatic heterocycles. The molecule has 0 aliphatic carbocycles. The number of halogens is 1. The number of nitrogens with zero attached hydrogens (tertiary/aromatic N) is 3. The summed E-state index contributed by atoms with van der Waals surface area (Å²) in [7, 11) is 3.23. The molecule has 28 heavy (non-hydrogen) atoms. The molecule has 2 aromatic carbocycles. The van der Waals surface area contributed by atoms with Crippen LogP contribution in [0.2, 0.25) is 0 Å². The topological polar surface area (TPSA) is 67.1 Å². The standard InChI is InChI=1S/C20H20FN3O4/c1-25-5-7-27-18-10-14-16(11-19(18)28-8-6-26-2)22-12-24-17-9-13(21)3-4-15(17)23-20(14)24/h3-4,9-12H,5-8H2,1-2H3. The van der Waals surface area contributed by atoms with E-state index < -0.39 is 0 Å². The molecule has 8 heteroatoms. The molecule has 4 aromatic rings. The van der Waals surface area contributed by atoms with Crippen molar-refractivity contribution in [1.29, 1.82) is 0 Å². The van der Waals surface area contributed by atoms with Crippen molar-refractivity contribution in [2.45, 2.75) is 0 Å². The molecule has 0 atom stereocenters. The number of rotatable bonds is 8. The Morgan fingerprint density at radius 2 is 1.61 bits per heavy atom. The fraction of sp³-hybridized carbons (Fsp3) is 0.300. The SMILES string of the molecule is COCCOc1cc2ncn3c4cc(F)ccc4nc3c2cc1OCCOC. The average Bonchev–Trinajstić information content (AvgIpc) is 3.07. The molecule has 4 rings (SSSR count). The van der Waals surface area contributed by atoms with Gasteiger partial charge in [0.2, 0.25) is 0 Å². The van der Waals surface area contributed by atoms with Crippen LogP contribution in [0.25, 0.3) is 27.6 Å². The van der Waals surface area contributed by atoms with Crippen LogP contribution in [-0.4, -0.2) is 55.0 Å². The van der Waals surface area contributed by atoms with Crippen LogP contribution >= 0.6 is 0 Å². The first-order valence-electron chi connectivity index (χ1n) is 8.85. The Hall–Kier alpha value is -2.97. The maximum absolute atomic E-state index is 13.7. The molecule has 7 nitrogen and oxygen atoms in total. The number of aromatic nitrogens is 3. The van der Waals surface area contributed by atoms with E-state index in [2.05, 4.69) is 9.97 Å². The van der Waals surface area contributed by atoms with Crippen LogP contribution in [0.1, 0.15) is 0 Å². The molecule has 146 valence electrons. The second-order valence-electron chi connectivity index (χ2n) is 6.18. The zero-order valence-corrected chi connectivity index (χ0v) is 15.6. The van der Waals surface area contributed by atoms with Gasteiger partial charge in [0.25, 0.3) is 0 Å². The van der Waals surface area contributed by atoms with E-state index in [1.807, 2.05) is 12.1 Å². The molecular weight excluding hydrogens is 365 g/mol. The third-order valence-corrected chi connectivity index (χ3v) is 4.36. The number of ether oxygens (including phenoxy) is 4. The van der Waals surface area contributed by atoms with Crippen molar-refractivity contribution in [1.82, 2.24) is 14.4 Å². The van der Waals surface area contributed by atoms with Crippen molar-refractivity contribution in [3.8, 4) is 11.5 Å². The molecule has 0 aliphatic heterocycles. The number of hydrogen-bond donors (Lipinski definition) is 0. The van der Waals surface area contributed by atoms with Gasteiger partial charge >= 0.3 is 0 Å². The van der Waals surface area contributed by atoms with Crippen LogP contribution in [0, 0.1) is 5.82 Å². The summed E-state index contributed by atoms with van der Waals surface area (Å²) in [5, 5.41) is 0.783. The lowest BCUT2D eigenvalue weighted by Crippen LogP contribution is -2.08. The molecule has 0 saturated heterocycles. The Balaban J connectivity index is 1.85. The molecule has 0 N–H and O–H groups in total. The summed E-state index contributed by atoms with van der Waals surface area (Å²) in [6.07, 6.45) is 1.64. The van der Waals surface area contributed by atoms with Crippen LogP contribution < -0.4 is 9.47 Å².